The number of rotatable bonds is 3. The van der Waals surface area contributed by atoms with Gasteiger partial charge in [0.25, 0.3) is 11.8 Å². The molecule has 2 rings (SSSR count). The molecule has 2 aromatic rings. The zero-order chi connectivity index (χ0) is 13.1. The maximum absolute atomic E-state index is 12.0. The van der Waals surface area contributed by atoms with E-state index in [1.807, 2.05) is 0 Å². The summed E-state index contributed by atoms with van der Waals surface area (Å²) in [7, 11) is 0. The van der Waals surface area contributed by atoms with Gasteiger partial charge in [-0.05, 0) is 28.1 Å². The van der Waals surface area contributed by atoms with E-state index < -0.39 is 5.91 Å². The van der Waals surface area contributed by atoms with Gasteiger partial charge in [-0.2, -0.15) is 0 Å². The number of hydrogen-bond donors (Lipinski definition) is 3. The molecule has 4 N–H and O–H groups in total. The van der Waals surface area contributed by atoms with Crippen molar-refractivity contribution in [2.75, 3.05) is 5.32 Å². The number of benzene rings is 1. The zero-order valence-corrected chi connectivity index (χ0v) is 10.7. The SMILES string of the molecule is NC(=O)c1[nH]cnc1NC(=O)c1ccccc1Br. The van der Waals surface area contributed by atoms with Gasteiger partial charge in [0, 0.05) is 4.47 Å². The van der Waals surface area contributed by atoms with E-state index in [1.165, 1.54) is 6.33 Å². The summed E-state index contributed by atoms with van der Waals surface area (Å²) in [6, 6.07) is 6.92. The lowest BCUT2D eigenvalue weighted by Gasteiger charge is -2.05. The maximum atomic E-state index is 12.0. The van der Waals surface area contributed by atoms with Crippen LogP contribution in [0.25, 0.3) is 0 Å². The first kappa shape index (κ1) is 12.3. The summed E-state index contributed by atoms with van der Waals surface area (Å²) in [4.78, 5) is 29.4. The second-order valence-corrected chi connectivity index (χ2v) is 4.28. The van der Waals surface area contributed by atoms with Crippen LogP contribution in [0.3, 0.4) is 0 Å². The van der Waals surface area contributed by atoms with Crippen molar-refractivity contribution in [1.29, 1.82) is 0 Å². The number of hydrogen-bond acceptors (Lipinski definition) is 3. The summed E-state index contributed by atoms with van der Waals surface area (Å²) in [5.74, 6) is -0.949. The molecule has 6 nitrogen and oxygen atoms in total. The van der Waals surface area contributed by atoms with E-state index in [4.69, 9.17) is 5.73 Å². The molecule has 1 aromatic carbocycles. The minimum absolute atomic E-state index is 0.0652. The zero-order valence-electron chi connectivity index (χ0n) is 9.11. The summed E-state index contributed by atoms with van der Waals surface area (Å²) in [6.45, 7) is 0. The lowest BCUT2D eigenvalue weighted by Crippen LogP contribution is -2.18. The molecule has 0 radical (unpaired) electrons. The molecule has 0 bridgehead atoms. The Hall–Kier alpha value is -2.15. The molecular formula is C11H9BrN4O2. The number of halogens is 1. The van der Waals surface area contributed by atoms with Crippen molar-refractivity contribution >= 4 is 33.6 Å². The molecule has 7 heteroatoms. The van der Waals surface area contributed by atoms with Crippen LogP contribution in [0.5, 0.6) is 0 Å². The van der Waals surface area contributed by atoms with E-state index in [9.17, 15) is 9.59 Å². The van der Waals surface area contributed by atoms with Crippen LogP contribution in [0.15, 0.2) is 35.1 Å². The quantitative estimate of drug-likeness (QED) is 0.801. The number of anilines is 1. The second-order valence-electron chi connectivity index (χ2n) is 3.42. The minimum atomic E-state index is -0.685. The molecule has 0 aliphatic rings. The van der Waals surface area contributed by atoms with E-state index >= 15 is 0 Å². The maximum Gasteiger partial charge on any atom is 0.269 e. The van der Waals surface area contributed by atoms with Crippen molar-refractivity contribution in [3.8, 4) is 0 Å². The molecular weight excluding hydrogens is 300 g/mol. The van der Waals surface area contributed by atoms with Gasteiger partial charge in [-0.3, -0.25) is 9.59 Å². The number of primary amides is 1. The van der Waals surface area contributed by atoms with E-state index in [1.54, 1.807) is 24.3 Å². The monoisotopic (exact) mass is 308 g/mol. The van der Waals surface area contributed by atoms with Gasteiger partial charge in [0.05, 0.1) is 11.9 Å². The van der Waals surface area contributed by atoms with Gasteiger partial charge >= 0.3 is 0 Å². The smallest absolute Gasteiger partial charge is 0.269 e. The van der Waals surface area contributed by atoms with Crippen molar-refractivity contribution in [2.24, 2.45) is 5.73 Å². The molecule has 1 heterocycles. The van der Waals surface area contributed by atoms with Crippen molar-refractivity contribution in [1.82, 2.24) is 9.97 Å². The predicted molar refractivity (Wildman–Crippen MR) is 69.2 cm³/mol. The molecule has 0 spiro atoms. The summed E-state index contributed by atoms with van der Waals surface area (Å²) in [5, 5.41) is 2.52. The Labute approximate surface area is 111 Å². The molecule has 0 aliphatic heterocycles. The number of carbonyl (C=O) groups is 2. The van der Waals surface area contributed by atoms with E-state index in [-0.39, 0.29) is 17.4 Å². The number of nitrogens with two attached hydrogens (primary N) is 1. The Bertz CT molecular complexity index is 609. The lowest BCUT2D eigenvalue weighted by molar-refractivity contribution is 0.0997. The molecule has 0 unspecified atom stereocenters. The van der Waals surface area contributed by atoms with Gasteiger partial charge in [-0.1, -0.05) is 12.1 Å². The standard InChI is InChI=1S/C11H9BrN4O2/c12-7-4-2-1-3-6(7)11(18)16-10-8(9(13)17)14-5-15-10/h1-5H,(H2,13,17)(H,14,15)(H,16,18). The average molecular weight is 309 g/mol. The van der Waals surface area contributed by atoms with Crippen LogP contribution in [0.4, 0.5) is 5.82 Å². The van der Waals surface area contributed by atoms with Gasteiger partial charge < -0.3 is 16.0 Å². The first-order valence-electron chi connectivity index (χ1n) is 4.98. The van der Waals surface area contributed by atoms with Crippen molar-refractivity contribution in [3.05, 3.63) is 46.3 Å². The van der Waals surface area contributed by atoms with Gasteiger partial charge in [-0.15, -0.1) is 0 Å². The third kappa shape index (κ3) is 2.40. The van der Waals surface area contributed by atoms with Crippen LogP contribution >= 0.6 is 15.9 Å². The number of imidazole rings is 1. The fourth-order valence-electron chi connectivity index (χ4n) is 1.40. The van der Waals surface area contributed by atoms with Crippen molar-refractivity contribution < 1.29 is 9.59 Å². The van der Waals surface area contributed by atoms with Gasteiger partial charge in [0.1, 0.15) is 5.69 Å². The molecule has 0 saturated carbocycles. The molecule has 0 fully saturated rings. The molecule has 0 atom stereocenters. The number of nitrogens with zero attached hydrogens (tertiary/aromatic N) is 1. The fraction of sp³-hybridized carbons (Fsp3) is 0. The van der Waals surface area contributed by atoms with Gasteiger partial charge in [0.2, 0.25) is 0 Å². The number of aromatic nitrogens is 2. The number of carbonyl (C=O) groups excluding carboxylic acids is 2. The van der Waals surface area contributed by atoms with E-state index in [0.29, 0.717) is 10.0 Å². The normalized spacial score (nSPS) is 10.1. The molecule has 0 aliphatic carbocycles. The Morgan fingerprint density at radius 2 is 2.06 bits per heavy atom. The highest BCUT2D eigenvalue weighted by Gasteiger charge is 2.15. The predicted octanol–water partition coefficient (Wildman–Crippen LogP) is 1.52. The molecule has 2 amide bonds. The summed E-state index contributed by atoms with van der Waals surface area (Å²) < 4.78 is 0.652. The highest BCUT2D eigenvalue weighted by atomic mass is 79.9. The van der Waals surface area contributed by atoms with Crippen LogP contribution in [0, 0.1) is 0 Å². The molecule has 92 valence electrons. The first-order valence-corrected chi connectivity index (χ1v) is 5.78. The number of nitrogens with one attached hydrogen (secondary N) is 2. The third-order valence-corrected chi connectivity index (χ3v) is 2.93. The molecule has 18 heavy (non-hydrogen) atoms. The molecule has 1 aromatic heterocycles. The van der Waals surface area contributed by atoms with Crippen LogP contribution < -0.4 is 11.1 Å². The Morgan fingerprint density at radius 3 is 2.72 bits per heavy atom. The highest BCUT2D eigenvalue weighted by molar-refractivity contribution is 9.10. The lowest BCUT2D eigenvalue weighted by atomic mass is 10.2. The third-order valence-electron chi connectivity index (χ3n) is 2.24. The van der Waals surface area contributed by atoms with E-state index in [2.05, 4.69) is 31.2 Å². The van der Waals surface area contributed by atoms with Gasteiger partial charge in [-0.25, -0.2) is 4.98 Å². The van der Waals surface area contributed by atoms with Crippen LogP contribution in [-0.4, -0.2) is 21.8 Å². The largest absolute Gasteiger partial charge is 0.364 e. The number of H-pyrrole nitrogens is 1. The molecule has 0 saturated heterocycles. The summed E-state index contributed by atoms with van der Waals surface area (Å²) in [5.41, 5.74) is 5.64. The minimum Gasteiger partial charge on any atom is -0.364 e. The number of amides is 2. The Morgan fingerprint density at radius 1 is 1.33 bits per heavy atom. The summed E-state index contributed by atoms with van der Waals surface area (Å²) >= 11 is 3.27. The van der Waals surface area contributed by atoms with Gasteiger partial charge in [0.15, 0.2) is 5.82 Å². The first-order chi connectivity index (χ1) is 8.59. The number of aromatic amines is 1. The highest BCUT2D eigenvalue weighted by Crippen LogP contribution is 2.18. The fourth-order valence-corrected chi connectivity index (χ4v) is 1.86. The van der Waals surface area contributed by atoms with E-state index in [0.717, 1.165) is 0 Å². The van der Waals surface area contributed by atoms with Crippen LogP contribution in [-0.2, 0) is 0 Å². The Balaban J connectivity index is 2.25. The van der Waals surface area contributed by atoms with Crippen molar-refractivity contribution in [3.63, 3.8) is 0 Å². The van der Waals surface area contributed by atoms with Crippen LogP contribution in [0.1, 0.15) is 20.8 Å². The van der Waals surface area contributed by atoms with Crippen LogP contribution in [0.2, 0.25) is 0 Å². The average Bonchev–Trinajstić information content (AvgIpc) is 2.77. The Kier molecular flexibility index (Phi) is 3.42. The summed E-state index contributed by atoms with van der Waals surface area (Å²) in [6.07, 6.45) is 1.29. The second kappa shape index (κ2) is 5.01. The van der Waals surface area contributed by atoms with Crippen molar-refractivity contribution in [2.45, 2.75) is 0 Å². The topological polar surface area (TPSA) is 101 Å².